The van der Waals surface area contributed by atoms with Crippen LogP contribution < -0.4 is 4.74 Å². The van der Waals surface area contributed by atoms with Crippen LogP contribution in [0, 0.1) is 0 Å². The van der Waals surface area contributed by atoms with Gasteiger partial charge in [0.25, 0.3) is 0 Å². The summed E-state index contributed by atoms with van der Waals surface area (Å²) >= 11 is 1.78. The van der Waals surface area contributed by atoms with Crippen molar-refractivity contribution >= 4 is 17.7 Å². The number of thioether (sulfide) groups is 1. The molecule has 2 N–H and O–H groups in total. The van der Waals surface area contributed by atoms with Gasteiger partial charge < -0.3 is 14.9 Å². The average molecular weight is 240 g/mol. The van der Waals surface area contributed by atoms with E-state index in [1.165, 1.54) is 0 Å². The fourth-order valence-corrected chi connectivity index (χ4v) is 1.97. The summed E-state index contributed by atoms with van der Waals surface area (Å²) in [5.41, 5.74) is 0.312. The number of rotatable bonds is 4. The fraction of sp³-hybridized carbons (Fsp3) is 0.364. The fourth-order valence-electron chi connectivity index (χ4n) is 1.41. The van der Waals surface area contributed by atoms with Crippen LogP contribution in [0.5, 0.6) is 5.75 Å². The number of aliphatic hydroxyl groups is 1. The van der Waals surface area contributed by atoms with Crippen LogP contribution in [-0.2, 0) is 4.79 Å². The van der Waals surface area contributed by atoms with Crippen LogP contribution in [0.3, 0.4) is 0 Å². The molecule has 1 aliphatic heterocycles. The monoisotopic (exact) mass is 240 g/mol. The number of benzene rings is 1. The summed E-state index contributed by atoms with van der Waals surface area (Å²) in [6.07, 6.45) is -1.39. The van der Waals surface area contributed by atoms with Gasteiger partial charge in [-0.3, -0.25) is 0 Å². The summed E-state index contributed by atoms with van der Waals surface area (Å²) in [6.45, 7) is 0. The molecular weight excluding hydrogens is 228 g/mol. The molecule has 1 unspecified atom stereocenters. The molecule has 1 aromatic rings. The summed E-state index contributed by atoms with van der Waals surface area (Å²) in [5.74, 6) is 1.02. The zero-order valence-corrected chi connectivity index (χ0v) is 9.31. The maximum atomic E-state index is 10.7. The third kappa shape index (κ3) is 2.31. The van der Waals surface area contributed by atoms with Crippen molar-refractivity contribution in [3.05, 3.63) is 29.8 Å². The Bertz CT molecular complexity index is 389. The van der Waals surface area contributed by atoms with Crippen LogP contribution in [-0.4, -0.2) is 33.8 Å². The summed E-state index contributed by atoms with van der Waals surface area (Å²) in [6, 6.07) is 6.70. The standard InChI is InChI=1S/C11H12O4S/c12-10(11(13)14)8-3-1-2-4-9(8)15-7-5-16-6-7/h1-4,7,10,12H,5-6H2,(H,13,14). The molecule has 16 heavy (non-hydrogen) atoms. The van der Waals surface area contributed by atoms with E-state index in [9.17, 15) is 9.90 Å². The van der Waals surface area contributed by atoms with Gasteiger partial charge in [0.1, 0.15) is 11.9 Å². The van der Waals surface area contributed by atoms with Gasteiger partial charge in [-0.2, -0.15) is 11.8 Å². The number of hydrogen-bond acceptors (Lipinski definition) is 4. The average Bonchev–Trinajstić information content (AvgIpc) is 2.23. The summed E-state index contributed by atoms with van der Waals surface area (Å²) in [4.78, 5) is 10.7. The predicted octanol–water partition coefficient (Wildman–Crippen LogP) is 1.30. The van der Waals surface area contributed by atoms with Gasteiger partial charge in [0, 0.05) is 17.1 Å². The maximum absolute atomic E-state index is 10.7. The van der Waals surface area contributed by atoms with Gasteiger partial charge in [0.15, 0.2) is 6.10 Å². The molecule has 1 aliphatic rings. The van der Waals surface area contributed by atoms with Crippen molar-refractivity contribution < 1.29 is 19.7 Å². The molecule has 0 saturated carbocycles. The lowest BCUT2D eigenvalue weighted by atomic mass is 10.1. The van der Waals surface area contributed by atoms with Crippen molar-refractivity contribution in [1.29, 1.82) is 0 Å². The van der Waals surface area contributed by atoms with E-state index in [2.05, 4.69) is 0 Å². The summed E-state index contributed by atoms with van der Waals surface area (Å²) in [7, 11) is 0. The predicted molar refractivity (Wildman–Crippen MR) is 60.8 cm³/mol. The Morgan fingerprint density at radius 1 is 1.44 bits per heavy atom. The third-order valence-electron chi connectivity index (χ3n) is 2.35. The Morgan fingerprint density at radius 3 is 2.69 bits per heavy atom. The SMILES string of the molecule is O=C(O)C(O)c1ccccc1OC1CSC1. The topological polar surface area (TPSA) is 66.8 Å². The highest BCUT2D eigenvalue weighted by Gasteiger charge is 2.24. The molecule has 0 amide bonds. The smallest absolute Gasteiger partial charge is 0.337 e. The highest BCUT2D eigenvalue weighted by Crippen LogP contribution is 2.29. The largest absolute Gasteiger partial charge is 0.488 e. The Morgan fingerprint density at radius 2 is 2.12 bits per heavy atom. The second-order valence-corrected chi connectivity index (χ2v) is 4.63. The molecular formula is C11H12O4S. The van der Waals surface area contributed by atoms with E-state index in [1.807, 2.05) is 0 Å². The number of para-hydroxylation sites is 1. The van der Waals surface area contributed by atoms with Gasteiger partial charge in [-0.25, -0.2) is 4.79 Å². The molecule has 2 rings (SSSR count). The number of aliphatic carboxylic acids is 1. The van der Waals surface area contributed by atoms with Gasteiger partial charge in [-0.15, -0.1) is 0 Å². The molecule has 1 fully saturated rings. The van der Waals surface area contributed by atoms with Crippen molar-refractivity contribution in [2.45, 2.75) is 12.2 Å². The first-order chi connectivity index (χ1) is 7.68. The summed E-state index contributed by atoms with van der Waals surface area (Å²) in [5, 5.41) is 18.3. The number of carboxylic acid groups (broad SMARTS) is 1. The minimum Gasteiger partial charge on any atom is -0.488 e. The molecule has 5 heteroatoms. The third-order valence-corrected chi connectivity index (χ3v) is 3.56. The lowest BCUT2D eigenvalue weighted by Crippen LogP contribution is -2.31. The van der Waals surface area contributed by atoms with E-state index < -0.39 is 12.1 Å². The molecule has 0 radical (unpaired) electrons. The van der Waals surface area contributed by atoms with E-state index >= 15 is 0 Å². The van der Waals surface area contributed by atoms with Crippen LogP contribution >= 0.6 is 11.8 Å². The highest BCUT2D eigenvalue weighted by molar-refractivity contribution is 8.00. The Hall–Kier alpha value is -1.20. The van der Waals surface area contributed by atoms with Gasteiger partial charge in [-0.05, 0) is 6.07 Å². The van der Waals surface area contributed by atoms with Crippen LogP contribution in [0.25, 0.3) is 0 Å². The number of hydrogen-bond donors (Lipinski definition) is 2. The van der Waals surface area contributed by atoms with E-state index in [1.54, 1.807) is 36.0 Å². The van der Waals surface area contributed by atoms with Gasteiger partial charge in [0.2, 0.25) is 0 Å². The number of carbonyl (C=O) groups is 1. The van der Waals surface area contributed by atoms with Gasteiger partial charge in [-0.1, -0.05) is 18.2 Å². The Labute approximate surface area is 97.2 Å². The quantitative estimate of drug-likeness (QED) is 0.830. The zero-order valence-electron chi connectivity index (χ0n) is 8.50. The normalized spacial score (nSPS) is 17.6. The van der Waals surface area contributed by atoms with Crippen LogP contribution in [0.4, 0.5) is 0 Å². The molecule has 4 nitrogen and oxygen atoms in total. The summed E-state index contributed by atoms with van der Waals surface area (Å²) < 4.78 is 5.61. The molecule has 86 valence electrons. The van der Waals surface area contributed by atoms with E-state index in [-0.39, 0.29) is 6.10 Å². The minimum absolute atomic E-state index is 0.132. The van der Waals surface area contributed by atoms with Gasteiger partial charge in [0.05, 0.1) is 0 Å². The molecule has 1 atom stereocenters. The molecule has 1 saturated heterocycles. The van der Waals surface area contributed by atoms with Crippen molar-refractivity contribution in [3.8, 4) is 5.75 Å². The molecule has 0 aliphatic carbocycles. The van der Waals surface area contributed by atoms with Crippen LogP contribution in [0.1, 0.15) is 11.7 Å². The minimum atomic E-state index is -1.52. The number of ether oxygens (including phenoxy) is 1. The first-order valence-corrected chi connectivity index (χ1v) is 6.08. The Balaban J connectivity index is 2.18. The molecule has 1 aromatic carbocycles. The second-order valence-electron chi connectivity index (χ2n) is 3.56. The Kier molecular flexibility index (Phi) is 3.36. The van der Waals surface area contributed by atoms with E-state index in [0.717, 1.165) is 11.5 Å². The molecule has 0 spiro atoms. The lowest BCUT2D eigenvalue weighted by molar-refractivity contribution is -0.147. The lowest BCUT2D eigenvalue weighted by Gasteiger charge is -2.27. The molecule has 1 heterocycles. The zero-order chi connectivity index (χ0) is 11.5. The first-order valence-electron chi connectivity index (χ1n) is 4.92. The molecule has 0 bridgehead atoms. The second kappa shape index (κ2) is 4.76. The van der Waals surface area contributed by atoms with Crippen molar-refractivity contribution in [2.24, 2.45) is 0 Å². The van der Waals surface area contributed by atoms with Crippen molar-refractivity contribution in [2.75, 3.05) is 11.5 Å². The highest BCUT2D eigenvalue weighted by atomic mass is 32.2. The van der Waals surface area contributed by atoms with Gasteiger partial charge >= 0.3 is 5.97 Å². The van der Waals surface area contributed by atoms with Crippen LogP contribution in [0.15, 0.2) is 24.3 Å². The van der Waals surface area contributed by atoms with Crippen molar-refractivity contribution in [3.63, 3.8) is 0 Å². The first kappa shape index (κ1) is 11.3. The molecule has 0 aromatic heterocycles. The number of aliphatic hydroxyl groups excluding tert-OH is 1. The van der Waals surface area contributed by atoms with E-state index in [4.69, 9.17) is 9.84 Å². The number of carboxylic acids is 1. The van der Waals surface area contributed by atoms with E-state index in [0.29, 0.717) is 11.3 Å². The van der Waals surface area contributed by atoms with Crippen LogP contribution in [0.2, 0.25) is 0 Å². The maximum Gasteiger partial charge on any atom is 0.337 e. The van der Waals surface area contributed by atoms with Crippen molar-refractivity contribution in [1.82, 2.24) is 0 Å².